The van der Waals surface area contributed by atoms with E-state index in [1.54, 1.807) is 0 Å². The first-order chi connectivity index (χ1) is 6.15. The van der Waals surface area contributed by atoms with Gasteiger partial charge in [0.15, 0.2) is 5.66 Å². The summed E-state index contributed by atoms with van der Waals surface area (Å²) in [6.07, 6.45) is 3.94. The molecule has 0 aliphatic heterocycles. The Kier molecular flexibility index (Phi) is 4.30. The van der Waals surface area contributed by atoms with E-state index in [9.17, 15) is 9.67 Å². The fraction of sp³-hybridized carbons (Fsp3) is 1.00. The minimum absolute atomic E-state index is 0.0860. The Labute approximate surface area is 80.0 Å². The first-order valence-electron chi connectivity index (χ1n) is 4.98. The molecule has 1 rings (SSSR count). The van der Waals surface area contributed by atoms with Crippen LogP contribution in [-0.4, -0.2) is 21.8 Å². The molecule has 1 saturated carbocycles. The van der Waals surface area contributed by atoms with Crippen molar-refractivity contribution >= 4 is 8.03 Å². The van der Waals surface area contributed by atoms with Crippen LogP contribution < -0.4 is 0 Å². The lowest BCUT2D eigenvalue weighted by Crippen LogP contribution is -2.15. The van der Waals surface area contributed by atoms with Gasteiger partial charge in [-0.05, 0) is 30.2 Å². The van der Waals surface area contributed by atoms with Gasteiger partial charge in [0.05, 0.1) is 6.10 Å². The van der Waals surface area contributed by atoms with E-state index in [2.05, 4.69) is 0 Å². The average Bonchev–Trinajstić information content (AvgIpc) is 2.46. The molecule has 76 valence electrons. The van der Waals surface area contributed by atoms with E-state index in [1.165, 1.54) is 0 Å². The van der Waals surface area contributed by atoms with Gasteiger partial charge in [0.2, 0.25) is 0 Å². The second-order valence-corrected chi connectivity index (χ2v) is 5.15. The van der Waals surface area contributed by atoms with Crippen molar-refractivity contribution in [2.45, 2.75) is 50.8 Å². The van der Waals surface area contributed by atoms with Gasteiger partial charge in [0.1, 0.15) is 0 Å². The van der Waals surface area contributed by atoms with Gasteiger partial charge in [-0.2, -0.15) is 4.89 Å². The van der Waals surface area contributed by atoms with E-state index in [0.29, 0.717) is 6.42 Å². The fourth-order valence-corrected chi connectivity index (χ4v) is 3.27. The highest BCUT2D eigenvalue weighted by Crippen LogP contribution is 2.41. The fourth-order valence-electron chi connectivity index (χ4n) is 2.16. The van der Waals surface area contributed by atoms with Crippen LogP contribution in [0.5, 0.6) is 0 Å². The summed E-state index contributed by atoms with van der Waals surface area (Å²) in [5.41, 5.74) is -0.0860. The zero-order chi connectivity index (χ0) is 9.84. The molecule has 0 heterocycles. The van der Waals surface area contributed by atoms with Crippen LogP contribution in [0, 0.1) is 5.92 Å². The molecule has 0 saturated heterocycles. The Balaban J connectivity index is 2.49. The maximum absolute atomic E-state index is 11.0. The van der Waals surface area contributed by atoms with Crippen LogP contribution in [0.4, 0.5) is 0 Å². The molecule has 0 amide bonds. The van der Waals surface area contributed by atoms with Crippen molar-refractivity contribution in [1.29, 1.82) is 0 Å². The van der Waals surface area contributed by atoms with Crippen LogP contribution in [0.1, 0.15) is 39.0 Å². The van der Waals surface area contributed by atoms with Crippen molar-refractivity contribution in [3.05, 3.63) is 0 Å². The smallest absolute Gasteiger partial charge is 0.393 e. The third kappa shape index (κ3) is 3.01. The monoisotopic (exact) mass is 205 g/mol. The van der Waals surface area contributed by atoms with Crippen molar-refractivity contribution in [2.24, 2.45) is 5.92 Å². The highest BCUT2D eigenvalue weighted by atomic mass is 31.1. The normalized spacial score (nSPS) is 31.8. The van der Waals surface area contributed by atoms with Crippen molar-refractivity contribution in [1.82, 2.24) is 0 Å². The number of aliphatic hydroxyl groups is 1. The van der Waals surface area contributed by atoms with Gasteiger partial charge in [-0.3, -0.25) is 0 Å². The molecular weight excluding hydrogens is 187 g/mol. The van der Waals surface area contributed by atoms with Crippen LogP contribution in [0.2, 0.25) is 0 Å². The lowest BCUT2D eigenvalue weighted by molar-refractivity contribution is 0.176. The number of rotatable bonds is 4. The third-order valence-corrected chi connectivity index (χ3v) is 4.11. The number of hydrogen-bond donors (Lipinski definition) is 2. The van der Waals surface area contributed by atoms with Crippen molar-refractivity contribution in [3.63, 3.8) is 0 Å². The number of hydrogen-bond acceptors (Lipinski definition) is 2. The van der Waals surface area contributed by atoms with Gasteiger partial charge in [-0.25, -0.2) is 0 Å². The molecule has 0 aromatic heterocycles. The molecule has 4 heteroatoms. The minimum Gasteiger partial charge on any atom is -0.393 e. The van der Waals surface area contributed by atoms with Gasteiger partial charge >= 0.3 is 8.03 Å². The summed E-state index contributed by atoms with van der Waals surface area (Å²) in [6, 6.07) is 0. The van der Waals surface area contributed by atoms with Crippen LogP contribution in [0.3, 0.4) is 0 Å². The standard InChI is InChI=1S/C9H17O3P/c1-2-3-9(13(11)12)7-4-5-8(10)6-7/h7-10H,2-6H2,1H3/p+1. The molecule has 3 nitrogen and oxygen atoms in total. The Bertz CT molecular complexity index is 184. The summed E-state index contributed by atoms with van der Waals surface area (Å²) >= 11 is 0. The maximum atomic E-state index is 11.0. The Morgan fingerprint density at radius 2 is 2.23 bits per heavy atom. The van der Waals surface area contributed by atoms with E-state index in [4.69, 9.17) is 4.89 Å². The third-order valence-electron chi connectivity index (χ3n) is 2.86. The van der Waals surface area contributed by atoms with Crippen LogP contribution in [0.15, 0.2) is 0 Å². The van der Waals surface area contributed by atoms with Crippen LogP contribution in [-0.2, 0) is 4.57 Å². The molecule has 1 aliphatic carbocycles. The van der Waals surface area contributed by atoms with Crippen molar-refractivity contribution in [3.8, 4) is 0 Å². The molecule has 0 aromatic carbocycles. The molecule has 0 spiro atoms. The van der Waals surface area contributed by atoms with Crippen molar-refractivity contribution in [2.75, 3.05) is 0 Å². The van der Waals surface area contributed by atoms with E-state index >= 15 is 0 Å². The maximum Gasteiger partial charge on any atom is 0.508 e. The lowest BCUT2D eigenvalue weighted by atomic mass is 10.00. The zero-order valence-corrected chi connectivity index (χ0v) is 8.91. The summed E-state index contributed by atoms with van der Waals surface area (Å²) in [7, 11) is -2.06. The topological polar surface area (TPSA) is 57.5 Å². The second-order valence-electron chi connectivity index (χ2n) is 3.89. The summed E-state index contributed by atoms with van der Waals surface area (Å²) in [5, 5.41) is 9.32. The largest absolute Gasteiger partial charge is 0.508 e. The predicted octanol–water partition coefficient (Wildman–Crippen LogP) is 2.05. The van der Waals surface area contributed by atoms with Gasteiger partial charge < -0.3 is 5.11 Å². The molecule has 4 unspecified atom stereocenters. The molecular formula is C9H18O3P+. The molecule has 0 bridgehead atoms. The Hall–Kier alpha value is 0.0200. The van der Waals surface area contributed by atoms with Gasteiger partial charge in [-0.15, -0.1) is 0 Å². The summed E-state index contributed by atoms with van der Waals surface area (Å²) in [4.78, 5) is 9.12. The molecule has 13 heavy (non-hydrogen) atoms. The molecule has 4 atom stereocenters. The number of aliphatic hydroxyl groups excluding tert-OH is 1. The van der Waals surface area contributed by atoms with Gasteiger partial charge in [0, 0.05) is 5.92 Å². The van der Waals surface area contributed by atoms with Gasteiger partial charge in [0.25, 0.3) is 0 Å². The van der Waals surface area contributed by atoms with Crippen LogP contribution in [0.25, 0.3) is 0 Å². The van der Waals surface area contributed by atoms with Crippen LogP contribution >= 0.6 is 8.03 Å². The highest BCUT2D eigenvalue weighted by Gasteiger charge is 2.40. The molecule has 2 N–H and O–H groups in total. The highest BCUT2D eigenvalue weighted by molar-refractivity contribution is 7.38. The Morgan fingerprint density at radius 3 is 2.62 bits per heavy atom. The van der Waals surface area contributed by atoms with E-state index in [0.717, 1.165) is 25.7 Å². The van der Waals surface area contributed by atoms with E-state index in [1.807, 2.05) is 6.92 Å². The first-order valence-corrected chi connectivity index (χ1v) is 6.26. The Morgan fingerprint density at radius 1 is 1.54 bits per heavy atom. The SMILES string of the molecule is CCCC(C1CCC(O)C1)[P+](=O)O. The van der Waals surface area contributed by atoms with Crippen molar-refractivity contribution < 1.29 is 14.6 Å². The molecule has 1 fully saturated rings. The summed E-state index contributed by atoms with van der Waals surface area (Å²) in [5.74, 6) is 0.267. The lowest BCUT2D eigenvalue weighted by Gasteiger charge is -2.10. The second kappa shape index (κ2) is 5.04. The van der Waals surface area contributed by atoms with Gasteiger partial charge in [-0.1, -0.05) is 13.3 Å². The van der Waals surface area contributed by atoms with E-state index in [-0.39, 0.29) is 17.7 Å². The minimum atomic E-state index is -2.06. The quantitative estimate of drug-likeness (QED) is 0.690. The molecule has 0 aromatic rings. The molecule has 0 radical (unpaired) electrons. The molecule has 1 aliphatic rings. The van der Waals surface area contributed by atoms with E-state index < -0.39 is 8.03 Å². The summed E-state index contributed by atoms with van der Waals surface area (Å²) in [6.45, 7) is 2.03. The predicted molar refractivity (Wildman–Crippen MR) is 51.9 cm³/mol. The first kappa shape index (κ1) is 11.1. The summed E-state index contributed by atoms with van der Waals surface area (Å²) < 4.78 is 11.0. The average molecular weight is 205 g/mol. The zero-order valence-electron chi connectivity index (χ0n) is 8.02.